The highest BCUT2D eigenvalue weighted by Gasteiger charge is 2.36. The molecule has 5 nitrogen and oxygen atoms in total. The van der Waals surface area contributed by atoms with Gasteiger partial charge in [0.25, 0.3) is 0 Å². The Morgan fingerprint density at radius 1 is 1.37 bits per heavy atom. The topological polar surface area (TPSA) is 61.8 Å². The third-order valence-corrected chi connectivity index (χ3v) is 6.31. The summed E-state index contributed by atoms with van der Waals surface area (Å²) in [4.78, 5) is 15.1. The predicted octanol–water partition coefficient (Wildman–Crippen LogP) is 3.05. The van der Waals surface area contributed by atoms with E-state index < -0.39 is 6.10 Å². The maximum absolute atomic E-state index is 13.0. The summed E-state index contributed by atoms with van der Waals surface area (Å²) in [7, 11) is 1.56. The summed E-state index contributed by atoms with van der Waals surface area (Å²) < 4.78 is 6.04. The summed E-state index contributed by atoms with van der Waals surface area (Å²) in [5.74, 6) is 0.672. The molecule has 0 bridgehead atoms. The Labute approximate surface area is 170 Å². The SMILES string of the molecule is COC[C@@H](O)CNCC(=O)N1CCc2cc(Br)ccc2C1C1CCCCC1. The van der Waals surface area contributed by atoms with Crippen LogP contribution in [0.25, 0.3) is 0 Å². The number of aliphatic hydroxyl groups excluding tert-OH is 1. The zero-order valence-corrected chi connectivity index (χ0v) is 17.7. The van der Waals surface area contributed by atoms with Crippen LogP contribution in [0.1, 0.15) is 49.3 Å². The summed E-state index contributed by atoms with van der Waals surface area (Å²) in [6, 6.07) is 6.70. The molecule has 0 radical (unpaired) electrons. The van der Waals surface area contributed by atoms with E-state index in [4.69, 9.17) is 4.74 Å². The number of aliphatic hydroxyl groups is 1. The molecular weight excluding hydrogens is 408 g/mol. The minimum absolute atomic E-state index is 0.128. The maximum atomic E-state index is 13.0. The third kappa shape index (κ3) is 5.31. The summed E-state index contributed by atoms with van der Waals surface area (Å²) in [5.41, 5.74) is 2.69. The van der Waals surface area contributed by atoms with Crippen LogP contribution in [-0.4, -0.2) is 55.4 Å². The van der Waals surface area contributed by atoms with Crippen molar-refractivity contribution in [3.8, 4) is 0 Å². The van der Waals surface area contributed by atoms with Gasteiger partial charge >= 0.3 is 0 Å². The normalized spacial score (nSPS) is 21.7. The number of carbonyl (C=O) groups is 1. The van der Waals surface area contributed by atoms with E-state index in [2.05, 4.69) is 44.3 Å². The molecule has 2 aliphatic rings. The second-order valence-electron chi connectivity index (χ2n) is 7.76. The molecule has 150 valence electrons. The van der Waals surface area contributed by atoms with Gasteiger partial charge in [0, 0.05) is 24.7 Å². The monoisotopic (exact) mass is 438 g/mol. The zero-order valence-electron chi connectivity index (χ0n) is 16.1. The first-order valence-electron chi connectivity index (χ1n) is 10.1. The first kappa shape index (κ1) is 20.8. The number of benzene rings is 1. The first-order chi connectivity index (χ1) is 13.1. The third-order valence-electron chi connectivity index (χ3n) is 5.81. The van der Waals surface area contributed by atoms with Crippen molar-refractivity contribution in [1.29, 1.82) is 0 Å². The van der Waals surface area contributed by atoms with E-state index in [0.717, 1.165) is 17.4 Å². The molecule has 0 aromatic heterocycles. The Kier molecular flexibility index (Phi) is 7.70. The lowest BCUT2D eigenvalue weighted by molar-refractivity contribution is -0.135. The molecule has 1 heterocycles. The van der Waals surface area contributed by atoms with Crippen molar-refractivity contribution in [2.24, 2.45) is 5.92 Å². The summed E-state index contributed by atoms with van der Waals surface area (Å²) >= 11 is 3.59. The summed E-state index contributed by atoms with van der Waals surface area (Å²) in [6.45, 7) is 1.67. The van der Waals surface area contributed by atoms with Gasteiger partial charge in [-0.05, 0) is 48.4 Å². The Bertz CT molecular complexity index is 634. The van der Waals surface area contributed by atoms with Crippen molar-refractivity contribution in [2.45, 2.75) is 50.7 Å². The van der Waals surface area contributed by atoms with Crippen LogP contribution in [0.5, 0.6) is 0 Å². The van der Waals surface area contributed by atoms with Gasteiger partial charge in [-0.15, -0.1) is 0 Å². The second kappa shape index (κ2) is 10.0. The van der Waals surface area contributed by atoms with Crippen molar-refractivity contribution >= 4 is 21.8 Å². The molecule has 6 heteroatoms. The van der Waals surface area contributed by atoms with E-state index >= 15 is 0 Å². The standard InChI is InChI=1S/C21H31BrN2O3/c1-27-14-18(25)12-23-13-20(26)24-10-9-16-11-17(22)7-8-19(16)21(24)15-5-3-2-4-6-15/h7-8,11,15,18,21,23,25H,2-6,9-10,12-14H2,1H3/t18-,21?/m0/s1. The molecule has 2 atom stereocenters. The highest BCUT2D eigenvalue weighted by molar-refractivity contribution is 9.10. The number of nitrogens with zero attached hydrogens (tertiary/aromatic N) is 1. The van der Waals surface area contributed by atoms with E-state index in [1.807, 2.05) is 0 Å². The fourth-order valence-corrected chi connectivity index (χ4v) is 4.97. The molecule has 1 aromatic carbocycles. The number of nitrogens with one attached hydrogen (secondary N) is 1. The van der Waals surface area contributed by atoms with Crippen LogP contribution in [0.15, 0.2) is 22.7 Å². The van der Waals surface area contributed by atoms with Crippen LogP contribution in [0.2, 0.25) is 0 Å². The molecule has 1 aliphatic carbocycles. The molecule has 1 aliphatic heterocycles. The Balaban J connectivity index is 1.72. The average molecular weight is 439 g/mol. The number of halogens is 1. The quantitative estimate of drug-likeness (QED) is 0.686. The predicted molar refractivity (Wildman–Crippen MR) is 110 cm³/mol. The Hall–Kier alpha value is -0.950. The van der Waals surface area contributed by atoms with E-state index in [1.165, 1.54) is 43.2 Å². The van der Waals surface area contributed by atoms with Crippen LogP contribution in [0.3, 0.4) is 0 Å². The van der Waals surface area contributed by atoms with Crippen LogP contribution < -0.4 is 5.32 Å². The number of hydrogen-bond donors (Lipinski definition) is 2. The number of amides is 1. The average Bonchev–Trinajstić information content (AvgIpc) is 2.67. The lowest BCUT2D eigenvalue weighted by atomic mass is 9.77. The highest BCUT2D eigenvalue weighted by atomic mass is 79.9. The molecule has 1 amide bonds. The number of ether oxygens (including phenoxy) is 1. The van der Waals surface area contributed by atoms with E-state index in [0.29, 0.717) is 12.5 Å². The van der Waals surface area contributed by atoms with E-state index in [1.54, 1.807) is 7.11 Å². The molecule has 1 unspecified atom stereocenters. The summed E-state index contributed by atoms with van der Waals surface area (Å²) in [5, 5.41) is 12.9. The number of fused-ring (bicyclic) bond motifs is 1. The smallest absolute Gasteiger partial charge is 0.237 e. The largest absolute Gasteiger partial charge is 0.389 e. The fraction of sp³-hybridized carbons (Fsp3) is 0.667. The van der Waals surface area contributed by atoms with Gasteiger partial charge in [-0.25, -0.2) is 0 Å². The molecule has 0 saturated heterocycles. The molecular formula is C21H31BrN2O3. The molecule has 27 heavy (non-hydrogen) atoms. The van der Waals surface area contributed by atoms with Crippen molar-refractivity contribution in [1.82, 2.24) is 10.2 Å². The number of hydrogen-bond acceptors (Lipinski definition) is 4. The molecule has 1 fully saturated rings. The molecule has 0 spiro atoms. The molecule has 3 rings (SSSR count). The molecule has 2 N–H and O–H groups in total. The fourth-order valence-electron chi connectivity index (χ4n) is 4.56. The van der Waals surface area contributed by atoms with Gasteiger partial charge in [0.2, 0.25) is 5.91 Å². The van der Waals surface area contributed by atoms with E-state index in [9.17, 15) is 9.90 Å². The van der Waals surface area contributed by atoms with Gasteiger partial charge in [0.1, 0.15) is 0 Å². The van der Waals surface area contributed by atoms with Crippen LogP contribution >= 0.6 is 15.9 Å². The number of methoxy groups -OCH3 is 1. The van der Waals surface area contributed by atoms with Crippen molar-refractivity contribution in [2.75, 3.05) is 33.4 Å². The number of rotatable bonds is 7. The van der Waals surface area contributed by atoms with Gasteiger partial charge in [0.05, 0.1) is 25.3 Å². The van der Waals surface area contributed by atoms with Gasteiger partial charge in [-0.2, -0.15) is 0 Å². The molecule has 1 aromatic rings. The van der Waals surface area contributed by atoms with Crippen molar-refractivity contribution < 1.29 is 14.6 Å². The van der Waals surface area contributed by atoms with Gasteiger partial charge in [-0.3, -0.25) is 4.79 Å². The van der Waals surface area contributed by atoms with Crippen LogP contribution in [-0.2, 0) is 16.0 Å². The maximum Gasteiger partial charge on any atom is 0.237 e. The van der Waals surface area contributed by atoms with Crippen molar-refractivity contribution in [3.63, 3.8) is 0 Å². The zero-order chi connectivity index (χ0) is 19.2. The Morgan fingerprint density at radius 2 is 2.15 bits per heavy atom. The van der Waals surface area contributed by atoms with Gasteiger partial charge in [0.15, 0.2) is 0 Å². The van der Waals surface area contributed by atoms with Crippen LogP contribution in [0, 0.1) is 5.92 Å². The van der Waals surface area contributed by atoms with Crippen molar-refractivity contribution in [3.05, 3.63) is 33.8 Å². The lowest BCUT2D eigenvalue weighted by Crippen LogP contribution is -2.47. The number of carbonyl (C=O) groups excluding carboxylic acids is 1. The van der Waals surface area contributed by atoms with Gasteiger partial charge in [-0.1, -0.05) is 41.3 Å². The van der Waals surface area contributed by atoms with E-state index in [-0.39, 0.29) is 25.1 Å². The minimum Gasteiger partial charge on any atom is -0.389 e. The molecule has 1 saturated carbocycles. The van der Waals surface area contributed by atoms with Crippen LogP contribution in [0.4, 0.5) is 0 Å². The Morgan fingerprint density at radius 3 is 2.89 bits per heavy atom. The lowest BCUT2D eigenvalue weighted by Gasteiger charge is -2.43. The highest BCUT2D eigenvalue weighted by Crippen LogP contribution is 2.42. The summed E-state index contributed by atoms with van der Waals surface area (Å²) in [6.07, 6.45) is 6.54. The second-order valence-corrected chi connectivity index (χ2v) is 8.68. The first-order valence-corrected chi connectivity index (χ1v) is 10.8. The van der Waals surface area contributed by atoms with Gasteiger partial charge < -0.3 is 20.1 Å². The minimum atomic E-state index is -0.587.